The van der Waals surface area contributed by atoms with Gasteiger partial charge in [-0.3, -0.25) is 0 Å². The average molecular weight is 338 g/mol. The third-order valence-corrected chi connectivity index (χ3v) is 3.01. The van der Waals surface area contributed by atoms with Crippen molar-refractivity contribution in [3.63, 3.8) is 0 Å². The Balaban J connectivity index is 2.37. The van der Waals surface area contributed by atoms with E-state index in [9.17, 15) is 18.0 Å². The molecule has 1 N–H and O–H groups in total. The van der Waals surface area contributed by atoms with Crippen molar-refractivity contribution in [3.8, 4) is 17.7 Å². The number of alkyl halides is 3. The van der Waals surface area contributed by atoms with Gasteiger partial charge in [-0.05, 0) is 32.0 Å². The zero-order chi connectivity index (χ0) is 17.9. The number of amides is 1. The number of hydrogen-bond donors (Lipinski definition) is 1. The van der Waals surface area contributed by atoms with Gasteiger partial charge < -0.3 is 10.1 Å². The Labute approximate surface area is 135 Å². The SMILES string of the molecule is CCNC(=O)n1nc(Oc2ccc(C#N)cc2C(F)(F)F)cc1C. The number of nitriles is 1. The Kier molecular flexibility index (Phi) is 4.78. The number of benzene rings is 1. The van der Waals surface area contributed by atoms with Crippen LogP contribution in [-0.4, -0.2) is 22.4 Å². The average Bonchev–Trinajstić information content (AvgIpc) is 2.87. The molecule has 1 aromatic carbocycles. The van der Waals surface area contributed by atoms with Gasteiger partial charge in [0.05, 0.1) is 22.9 Å². The van der Waals surface area contributed by atoms with Crippen molar-refractivity contribution in [1.29, 1.82) is 5.26 Å². The summed E-state index contributed by atoms with van der Waals surface area (Å²) >= 11 is 0. The maximum Gasteiger partial charge on any atom is 0.420 e. The molecule has 0 atom stereocenters. The topological polar surface area (TPSA) is 79.9 Å². The molecule has 24 heavy (non-hydrogen) atoms. The normalized spacial score (nSPS) is 11.0. The van der Waals surface area contributed by atoms with E-state index in [1.54, 1.807) is 19.9 Å². The lowest BCUT2D eigenvalue weighted by Crippen LogP contribution is -2.29. The van der Waals surface area contributed by atoms with Crippen molar-refractivity contribution in [2.75, 3.05) is 6.54 Å². The fourth-order valence-corrected chi connectivity index (χ4v) is 1.95. The van der Waals surface area contributed by atoms with Crippen LogP contribution in [0.3, 0.4) is 0 Å². The molecule has 0 aliphatic carbocycles. The monoisotopic (exact) mass is 338 g/mol. The van der Waals surface area contributed by atoms with Gasteiger partial charge in [-0.1, -0.05) is 0 Å². The molecule has 2 aromatic rings. The van der Waals surface area contributed by atoms with Crippen molar-refractivity contribution < 1.29 is 22.7 Å². The number of carbonyl (C=O) groups excluding carboxylic acids is 1. The standard InChI is InChI=1S/C15H13F3N4O2/c1-3-20-14(23)22-9(2)6-13(21-22)24-12-5-4-10(8-19)7-11(12)15(16,17)18/h4-7H,3H2,1-2H3,(H,20,23). The van der Waals surface area contributed by atoms with Crippen LogP contribution in [0.25, 0.3) is 0 Å². The number of carbonyl (C=O) groups is 1. The minimum absolute atomic E-state index is 0.140. The van der Waals surface area contributed by atoms with E-state index in [0.717, 1.165) is 10.7 Å². The fourth-order valence-electron chi connectivity index (χ4n) is 1.95. The zero-order valence-corrected chi connectivity index (χ0v) is 12.8. The number of nitrogens with zero attached hydrogens (tertiary/aromatic N) is 3. The van der Waals surface area contributed by atoms with Crippen LogP contribution >= 0.6 is 0 Å². The van der Waals surface area contributed by atoms with Crippen molar-refractivity contribution >= 4 is 6.03 Å². The van der Waals surface area contributed by atoms with Gasteiger partial charge in [0.25, 0.3) is 0 Å². The first kappa shape index (κ1) is 17.3. The molecule has 0 bridgehead atoms. The molecule has 0 spiro atoms. The van der Waals surface area contributed by atoms with Gasteiger partial charge in [-0.25, -0.2) is 4.79 Å². The highest BCUT2D eigenvalue weighted by Gasteiger charge is 2.35. The molecule has 0 aliphatic heterocycles. The summed E-state index contributed by atoms with van der Waals surface area (Å²) in [5.41, 5.74) is -0.830. The minimum atomic E-state index is -4.70. The lowest BCUT2D eigenvalue weighted by molar-refractivity contribution is -0.138. The van der Waals surface area contributed by atoms with Gasteiger partial charge in [-0.2, -0.15) is 23.1 Å². The molecule has 0 fully saturated rings. The van der Waals surface area contributed by atoms with E-state index in [4.69, 9.17) is 10.00 Å². The maximum absolute atomic E-state index is 13.1. The van der Waals surface area contributed by atoms with Gasteiger partial charge in [0.2, 0.25) is 5.88 Å². The fraction of sp³-hybridized carbons (Fsp3) is 0.267. The lowest BCUT2D eigenvalue weighted by Gasteiger charge is -2.12. The number of aryl methyl sites for hydroxylation is 1. The number of rotatable bonds is 3. The molecule has 6 nitrogen and oxygen atoms in total. The van der Waals surface area contributed by atoms with Crippen molar-refractivity contribution in [2.45, 2.75) is 20.0 Å². The zero-order valence-electron chi connectivity index (χ0n) is 12.8. The van der Waals surface area contributed by atoms with Crippen LogP contribution in [0.4, 0.5) is 18.0 Å². The highest BCUT2D eigenvalue weighted by Crippen LogP contribution is 2.38. The van der Waals surface area contributed by atoms with Crippen LogP contribution in [0.1, 0.15) is 23.7 Å². The minimum Gasteiger partial charge on any atom is -0.437 e. The second-order valence-electron chi connectivity index (χ2n) is 4.79. The number of aromatic nitrogens is 2. The van der Waals surface area contributed by atoms with E-state index in [1.165, 1.54) is 12.1 Å². The quantitative estimate of drug-likeness (QED) is 0.929. The second kappa shape index (κ2) is 6.62. The van der Waals surface area contributed by atoms with E-state index < -0.39 is 23.5 Å². The van der Waals surface area contributed by atoms with Gasteiger partial charge in [0.1, 0.15) is 5.75 Å². The highest BCUT2D eigenvalue weighted by molar-refractivity contribution is 5.76. The summed E-state index contributed by atoms with van der Waals surface area (Å²) in [6.07, 6.45) is -4.70. The Morgan fingerprint density at radius 3 is 2.71 bits per heavy atom. The van der Waals surface area contributed by atoms with Crippen LogP contribution in [0.15, 0.2) is 24.3 Å². The molecule has 1 heterocycles. The lowest BCUT2D eigenvalue weighted by atomic mass is 10.1. The molecular formula is C15H13F3N4O2. The van der Waals surface area contributed by atoms with Crippen molar-refractivity contribution in [1.82, 2.24) is 15.1 Å². The van der Waals surface area contributed by atoms with E-state index in [0.29, 0.717) is 18.3 Å². The first-order valence-electron chi connectivity index (χ1n) is 6.90. The van der Waals surface area contributed by atoms with Crippen LogP contribution in [0.5, 0.6) is 11.6 Å². The summed E-state index contributed by atoms with van der Waals surface area (Å²) in [4.78, 5) is 11.8. The van der Waals surface area contributed by atoms with Gasteiger partial charge in [0.15, 0.2) is 0 Å². The van der Waals surface area contributed by atoms with Gasteiger partial charge in [-0.15, -0.1) is 5.10 Å². The summed E-state index contributed by atoms with van der Waals surface area (Å²) in [5.74, 6) is -0.656. The number of ether oxygens (including phenoxy) is 1. The van der Waals surface area contributed by atoms with Crippen LogP contribution in [0.2, 0.25) is 0 Å². The number of nitrogens with one attached hydrogen (secondary N) is 1. The van der Waals surface area contributed by atoms with Gasteiger partial charge in [0, 0.05) is 12.6 Å². The number of halogens is 3. The van der Waals surface area contributed by atoms with Gasteiger partial charge >= 0.3 is 12.2 Å². The van der Waals surface area contributed by atoms with E-state index in [2.05, 4.69) is 10.4 Å². The van der Waals surface area contributed by atoms with Crippen LogP contribution < -0.4 is 10.1 Å². The second-order valence-corrected chi connectivity index (χ2v) is 4.79. The molecular weight excluding hydrogens is 325 g/mol. The third-order valence-electron chi connectivity index (χ3n) is 3.01. The largest absolute Gasteiger partial charge is 0.437 e. The van der Waals surface area contributed by atoms with E-state index in [-0.39, 0.29) is 11.4 Å². The molecule has 0 radical (unpaired) electrons. The first-order chi connectivity index (χ1) is 11.3. The Bertz CT molecular complexity index is 806. The highest BCUT2D eigenvalue weighted by atomic mass is 19.4. The van der Waals surface area contributed by atoms with E-state index >= 15 is 0 Å². The molecule has 1 amide bonds. The molecule has 0 saturated carbocycles. The van der Waals surface area contributed by atoms with Crippen molar-refractivity contribution in [3.05, 3.63) is 41.1 Å². The summed E-state index contributed by atoms with van der Waals surface area (Å²) in [7, 11) is 0. The Morgan fingerprint density at radius 1 is 1.42 bits per heavy atom. The predicted molar refractivity (Wildman–Crippen MR) is 77.7 cm³/mol. The molecule has 9 heteroatoms. The third kappa shape index (κ3) is 3.65. The maximum atomic E-state index is 13.1. The number of hydrogen-bond acceptors (Lipinski definition) is 4. The first-order valence-corrected chi connectivity index (χ1v) is 6.90. The van der Waals surface area contributed by atoms with Crippen LogP contribution in [0, 0.1) is 18.3 Å². The summed E-state index contributed by atoms with van der Waals surface area (Å²) in [6.45, 7) is 3.67. The molecule has 2 rings (SSSR count). The summed E-state index contributed by atoms with van der Waals surface area (Å²) in [6, 6.07) is 5.42. The molecule has 0 unspecified atom stereocenters. The Morgan fingerprint density at radius 2 is 2.12 bits per heavy atom. The molecule has 0 aliphatic rings. The Hall–Kier alpha value is -3.02. The van der Waals surface area contributed by atoms with Crippen LogP contribution in [-0.2, 0) is 6.18 Å². The molecule has 126 valence electrons. The summed E-state index contributed by atoms with van der Waals surface area (Å²) in [5, 5.41) is 15.1. The summed E-state index contributed by atoms with van der Waals surface area (Å²) < 4.78 is 45.5. The molecule has 1 aromatic heterocycles. The van der Waals surface area contributed by atoms with Crippen molar-refractivity contribution in [2.24, 2.45) is 0 Å². The molecule has 0 saturated heterocycles. The predicted octanol–water partition coefficient (Wildman–Crippen LogP) is 3.45. The van der Waals surface area contributed by atoms with E-state index in [1.807, 2.05) is 0 Å². The smallest absolute Gasteiger partial charge is 0.420 e.